The highest BCUT2D eigenvalue weighted by Gasteiger charge is 2.22. The van der Waals surface area contributed by atoms with Gasteiger partial charge in [0.15, 0.2) is 0 Å². The predicted molar refractivity (Wildman–Crippen MR) is 70.1 cm³/mol. The van der Waals surface area contributed by atoms with E-state index < -0.39 is 10.0 Å². The minimum atomic E-state index is -3.41. The van der Waals surface area contributed by atoms with Gasteiger partial charge in [0.25, 0.3) is 0 Å². The average Bonchev–Trinajstić information content (AvgIpc) is 2.36. The maximum atomic E-state index is 12.1. The lowest BCUT2D eigenvalue weighted by Gasteiger charge is -2.23. The molecule has 1 aromatic carbocycles. The van der Waals surface area contributed by atoms with Gasteiger partial charge >= 0.3 is 0 Å². The number of hydrogen-bond donors (Lipinski definition) is 1. The Balaban J connectivity index is 2.92. The van der Waals surface area contributed by atoms with Crippen LogP contribution in [0.3, 0.4) is 0 Å². The maximum Gasteiger partial charge on any atom is 0.218 e. The molecular formula is C12H17N3O2S. The molecule has 6 heteroatoms. The Labute approximate surface area is 108 Å². The molecule has 0 amide bonds. The Morgan fingerprint density at radius 3 is 2.72 bits per heavy atom. The molecule has 0 saturated carbocycles. The van der Waals surface area contributed by atoms with Crippen LogP contribution in [0, 0.1) is 11.3 Å². The molecule has 0 aliphatic rings. The van der Waals surface area contributed by atoms with Crippen LogP contribution in [-0.2, 0) is 15.8 Å². The van der Waals surface area contributed by atoms with Gasteiger partial charge in [-0.2, -0.15) is 5.26 Å². The molecule has 1 unspecified atom stereocenters. The second kappa shape index (κ2) is 5.96. The van der Waals surface area contributed by atoms with Crippen molar-refractivity contribution < 1.29 is 8.42 Å². The first kappa shape index (κ1) is 14.6. The summed E-state index contributed by atoms with van der Waals surface area (Å²) in [5.41, 5.74) is 6.52. The van der Waals surface area contributed by atoms with Gasteiger partial charge in [0.1, 0.15) is 0 Å². The number of nitrogens with two attached hydrogens (primary N) is 1. The number of rotatable bonds is 5. The number of sulfonamides is 1. The van der Waals surface area contributed by atoms with E-state index in [0.29, 0.717) is 11.1 Å². The van der Waals surface area contributed by atoms with E-state index in [-0.39, 0.29) is 18.3 Å². The smallest absolute Gasteiger partial charge is 0.218 e. The molecule has 0 aromatic heterocycles. The van der Waals surface area contributed by atoms with E-state index >= 15 is 0 Å². The molecule has 0 aliphatic carbocycles. The van der Waals surface area contributed by atoms with Crippen LogP contribution < -0.4 is 5.73 Å². The largest absolute Gasteiger partial charge is 0.329 e. The first-order valence-corrected chi connectivity index (χ1v) is 7.16. The quantitative estimate of drug-likeness (QED) is 0.849. The summed E-state index contributed by atoms with van der Waals surface area (Å²) in [6, 6.07) is 8.34. The fourth-order valence-electron chi connectivity index (χ4n) is 1.47. The fraction of sp³-hybridized carbons (Fsp3) is 0.417. The van der Waals surface area contributed by atoms with Crippen molar-refractivity contribution in [3.63, 3.8) is 0 Å². The molecule has 0 radical (unpaired) electrons. The monoisotopic (exact) mass is 267 g/mol. The summed E-state index contributed by atoms with van der Waals surface area (Å²) in [7, 11) is -1.89. The van der Waals surface area contributed by atoms with E-state index in [2.05, 4.69) is 0 Å². The van der Waals surface area contributed by atoms with Crippen molar-refractivity contribution in [2.24, 2.45) is 5.73 Å². The third-order valence-corrected chi connectivity index (χ3v) is 4.74. The number of hydrogen-bond acceptors (Lipinski definition) is 4. The minimum Gasteiger partial charge on any atom is -0.329 e. The second-order valence-electron chi connectivity index (χ2n) is 4.17. The number of nitriles is 1. The maximum absolute atomic E-state index is 12.1. The van der Waals surface area contributed by atoms with Crippen LogP contribution in [0.1, 0.15) is 18.1 Å². The Morgan fingerprint density at radius 2 is 2.17 bits per heavy atom. The summed E-state index contributed by atoms with van der Waals surface area (Å²) in [5.74, 6) is -0.122. The molecule has 1 aromatic rings. The fourth-order valence-corrected chi connectivity index (χ4v) is 2.90. The lowest BCUT2D eigenvalue weighted by Crippen LogP contribution is -2.40. The number of benzene rings is 1. The van der Waals surface area contributed by atoms with Crippen LogP contribution in [0.15, 0.2) is 24.3 Å². The van der Waals surface area contributed by atoms with Crippen molar-refractivity contribution >= 4 is 10.0 Å². The summed E-state index contributed by atoms with van der Waals surface area (Å²) in [5, 5.41) is 8.77. The van der Waals surface area contributed by atoms with E-state index in [1.807, 2.05) is 6.07 Å². The first-order valence-electron chi connectivity index (χ1n) is 5.55. The normalized spacial score (nSPS) is 13.3. The highest BCUT2D eigenvalue weighted by atomic mass is 32.2. The van der Waals surface area contributed by atoms with Crippen molar-refractivity contribution in [1.29, 1.82) is 5.26 Å². The van der Waals surface area contributed by atoms with Crippen LogP contribution in [0.2, 0.25) is 0 Å². The predicted octanol–water partition coefficient (Wildman–Crippen LogP) is 0.667. The molecule has 0 fully saturated rings. The molecule has 2 N–H and O–H groups in total. The van der Waals surface area contributed by atoms with Gasteiger partial charge in [-0.3, -0.25) is 0 Å². The van der Waals surface area contributed by atoms with Crippen LogP contribution in [0.5, 0.6) is 0 Å². The summed E-state index contributed by atoms with van der Waals surface area (Å²) in [6.07, 6.45) is 0. The van der Waals surface area contributed by atoms with Gasteiger partial charge in [-0.1, -0.05) is 12.1 Å². The summed E-state index contributed by atoms with van der Waals surface area (Å²) < 4.78 is 25.4. The van der Waals surface area contributed by atoms with Gasteiger partial charge in [-0.25, -0.2) is 12.7 Å². The molecule has 0 heterocycles. The Morgan fingerprint density at radius 1 is 1.50 bits per heavy atom. The number of nitrogens with zero attached hydrogens (tertiary/aromatic N) is 2. The van der Waals surface area contributed by atoms with Crippen molar-refractivity contribution in [2.75, 3.05) is 13.6 Å². The van der Waals surface area contributed by atoms with Crippen LogP contribution in [0.4, 0.5) is 0 Å². The van der Waals surface area contributed by atoms with Crippen LogP contribution in [-0.4, -0.2) is 32.4 Å². The van der Waals surface area contributed by atoms with E-state index in [0.717, 1.165) is 0 Å². The molecule has 1 atom stereocenters. The molecule has 0 saturated heterocycles. The molecule has 18 heavy (non-hydrogen) atoms. The topological polar surface area (TPSA) is 87.2 Å². The zero-order chi connectivity index (χ0) is 13.8. The molecule has 0 aliphatic heterocycles. The van der Waals surface area contributed by atoms with E-state index in [1.165, 1.54) is 11.4 Å². The Bertz CT molecular complexity index is 549. The van der Waals surface area contributed by atoms with Crippen molar-refractivity contribution in [1.82, 2.24) is 4.31 Å². The molecule has 0 spiro atoms. The zero-order valence-electron chi connectivity index (χ0n) is 10.5. The lowest BCUT2D eigenvalue weighted by atomic mass is 10.2. The first-order chi connectivity index (χ1) is 8.40. The standard InChI is InChI=1S/C12H17N3O2S/c1-10(7-13)15(2)18(16,17)9-12-5-3-4-11(6-12)8-14/h3-6,10H,7,9,13H2,1-2H3. The van der Waals surface area contributed by atoms with E-state index in [9.17, 15) is 8.42 Å². The SMILES string of the molecule is CC(CN)N(C)S(=O)(=O)Cc1cccc(C#N)c1. The van der Waals surface area contributed by atoms with E-state index in [1.54, 1.807) is 31.2 Å². The number of likely N-dealkylation sites (N-methyl/N-ethyl adjacent to an activating group) is 1. The zero-order valence-corrected chi connectivity index (χ0v) is 11.3. The van der Waals surface area contributed by atoms with Crippen molar-refractivity contribution in [3.8, 4) is 6.07 Å². The summed E-state index contributed by atoms with van der Waals surface area (Å²) in [6.45, 7) is 2.03. The van der Waals surface area contributed by atoms with Gasteiger partial charge in [0, 0.05) is 19.6 Å². The lowest BCUT2D eigenvalue weighted by molar-refractivity contribution is 0.394. The van der Waals surface area contributed by atoms with E-state index in [4.69, 9.17) is 11.0 Å². The van der Waals surface area contributed by atoms with Gasteiger partial charge < -0.3 is 5.73 Å². The molecular weight excluding hydrogens is 250 g/mol. The third-order valence-electron chi connectivity index (χ3n) is 2.81. The second-order valence-corrected chi connectivity index (χ2v) is 6.20. The Kier molecular flexibility index (Phi) is 4.84. The van der Waals surface area contributed by atoms with Gasteiger partial charge in [-0.05, 0) is 24.6 Å². The summed E-state index contributed by atoms with van der Waals surface area (Å²) in [4.78, 5) is 0. The van der Waals surface area contributed by atoms with Crippen molar-refractivity contribution in [2.45, 2.75) is 18.7 Å². The molecule has 98 valence electrons. The van der Waals surface area contributed by atoms with Gasteiger partial charge in [0.2, 0.25) is 10.0 Å². The average molecular weight is 267 g/mol. The van der Waals surface area contributed by atoms with Gasteiger partial charge in [-0.15, -0.1) is 0 Å². The Hall–Kier alpha value is -1.42. The van der Waals surface area contributed by atoms with Crippen LogP contribution in [0.25, 0.3) is 0 Å². The third kappa shape index (κ3) is 3.53. The van der Waals surface area contributed by atoms with Gasteiger partial charge in [0.05, 0.1) is 17.4 Å². The minimum absolute atomic E-state index is 0.122. The van der Waals surface area contributed by atoms with Crippen LogP contribution >= 0.6 is 0 Å². The molecule has 0 bridgehead atoms. The highest BCUT2D eigenvalue weighted by molar-refractivity contribution is 7.88. The summed E-state index contributed by atoms with van der Waals surface area (Å²) >= 11 is 0. The molecule has 1 rings (SSSR count). The van der Waals surface area contributed by atoms with Crippen molar-refractivity contribution in [3.05, 3.63) is 35.4 Å². The molecule has 5 nitrogen and oxygen atoms in total. The highest BCUT2D eigenvalue weighted by Crippen LogP contribution is 2.13.